The summed E-state index contributed by atoms with van der Waals surface area (Å²) in [7, 11) is 0. The zero-order valence-corrected chi connectivity index (χ0v) is 18.9. The van der Waals surface area contributed by atoms with E-state index in [9.17, 15) is 0 Å². The van der Waals surface area contributed by atoms with Gasteiger partial charge < -0.3 is 15.5 Å². The van der Waals surface area contributed by atoms with Gasteiger partial charge in [-0.2, -0.15) is 0 Å². The van der Waals surface area contributed by atoms with E-state index in [2.05, 4.69) is 64.9 Å². The third-order valence-corrected chi connectivity index (χ3v) is 7.13. The van der Waals surface area contributed by atoms with Gasteiger partial charge >= 0.3 is 0 Å². The second-order valence-electron chi connectivity index (χ2n) is 8.96. The molecule has 0 radical (unpaired) electrons. The number of benzene rings is 1. The summed E-state index contributed by atoms with van der Waals surface area (Å²) < 4.78 is 0. The molecular formula is C25H34N4S. The Hall–Kier alpha value is -2.14. The van der Waals surface area contributed by atoms with Gasteiger partial charge in [0.1, 0.15) is 5.82 Å². The van der Waals surface area contributed by atoms with Crippen LogP contribution in [0.25, 0.3) is 0 Å². The molecule has 2 heterocycles. The summed E-state index contributed by atoms with van der Waals surface area (Å²) in [5.74, 6) is 1.07. The maximum Gasteiger partial charge on any atom is 0.170 e. The highest BCUT2D eigenvalue weighted by Crippen LogP contribution is 2.39. The van der Waals surface area contributed by atoms with Gasteiger partial charge in [-0.1, -0.05) is 49.6 Å². The van der Waals surface area contributed by atoms with Crippen molar-refractivity contribution in [3.05, 3.63) is 54.2 Å². The topological polar surface area (TPSA) is 40.2 Å². The monoisotopic (exact) mass is 422 g/mol. The van der Waals surface area contributed by atoms with E-state index in [1.807, 2.05) is 6.20 Å². The number of hydrogen-bond acceptors (Lipinski definition) is 3. The summed E-state index contributed by atoms with van der Waals surface area (Å²) in [5.41, 5.74) is 2.55. The van der Waals surface area contributed by atoms with E-state index < -0.39 is 0 Å². The fourth-order valence-corrected chi connectivity index (χ4v) is 5.27. The molecule has 1 saturated heterocycles. The molecule has 4 rings (SSSR count). The van der Waals surface area contributed by atoms with Crippen LogP contribution in [0, 0.1) is 0 Å². The van der Waals surface area contributed by atoms with Crippen molar-refractivity contribution in [2.24, 2.45) is 0 Å². The minimum atomic E-state index is 0.178. The molecule has 1 atom stereocenters. The highest BCUT2D eigenvalue weighted by Gasteiger charge is 2.33. The molecule has 1 unspecified atom stereocenters. The normalized spacial score (nSPS) is 21.1. The lowest BCUT2D eigenvalue weighted by Gasteiger charge is -2.38. The molecule has 30 heavy (non-hydrogen) atoms. The number of hydrogen-bond donors (Lipinski definition) is 2. The van der Waals surface area contributed by atoms with E-state index >= 15 is 0 Å². The summed E-state index contributed by atoms with van der Waals surface area (Å²) >= 11 is 5.62. The smallest absolute Gasteiger partial charge is 0.170 e. The van der Waals surface area contributed by atoms with Crippen LogP contribution >= 0.6 is 12.2 Å². The number of pyridine rings is 1. The number of nitrogens with one attached hydrogen (secondary N) is 2. The highest BCUT2D eigenvalue weighted by atomic mass is 32.1. The van der Waals surface area contributed by atoms with Gasteiger partial charge in [0.2, 0.25) is 0 Å². The van der Waals surface area contributed by atoms with Crippen LogP contribution in [-0.4, -0.2) is 29.2 Å². The number of rotatable bonds is 5. The molecule has 1 aliphatic carbocycles. The molecule has 0 spiro atoms. The Morgan fingerprint density at radius 2 is 1.87 bits per heavy atom. The lowest BCUT2D eigenvalue weighted by Crippen LogP contribution is -2.43. The molecule has 4 nitrogen and oxygen atoms in total. The highest BCUT2D eigenvalue weighted by molar-refractivity contribution is 7.80. The largest absolute Gasteiger partial charge is 0.362 e. The van der Waals surface area contributed by atoms with Crippen molar-refractivity contribution in [2.45, 2.75) is 69.7 Å². The molecule has 1 aromatic carbocycles. The standard InChI is InChI=1S/C25H34N4S/c1-20-10-6-9-17-29(20)23-14-13-22(18-26-23)28-24(30)27-19-25(15-7-3-8-16-25)21-11-4-2-5-12-21/h2,4-5,11-14,18,20H,3,6-10,15-17,19H2,1H3,(H2,27,28,30). The first-order valence-electron chi connectivity index (χ1n) is 11.5. The first kappa shape index (κ1) is 21.1. The van der Waals surface area contributed by atoms with Crippen LogP contribution in [0.15, 0.2) is 48.7 Å². The second-order valence-corrected chi connectivity index (χ2v) is 9.37. The van der Waals surface area contributed by atoms with E-state index in [0.29, 0.717) is 11.2 Å². The number of thiocarbonyl (C=S) groups is 1. The van der Waals surface area contributed by atoms with Gasteiger partial charge in [-0.3, -0.25) is 0 Å². The quantitative estimate of drug-likeness (QED) is 0.610. The Labute approximate surface area is 186 Å². The zero-order valence-electron chi connectivity index (χ0n) is 18.1. The average molecular weight is 423 g/mol. The fraction of sp³-hybridized carbons (Fsp3) is 0.520. The summed E-state index contributed by atoms with van der Waals surface area (Å²) in [6.45, 7) is 4.27. The SMILES string of the molecule is CC1CCCCN1c1ccc(NC(=S)NCC2(c3ccccc3)CCCCC2)cn1. The maximum atomic E-state index is 5.62. The van der Waals surface area contributed by atoms with Crippen LogP contribution in [0.1, 0.15) is 63.9 Å². The number of aromatic nitrogens is 1. The van der Waals surface area contributed by atoms with Crippen molar-refractivity contribution in [3.63, 3.8) is 0 Å². The number of anilines is 2. The van der Waals surface area contributed by atoms with Crippen LogP contribution in [0.5, 0.6) is 0 Å². The minimum absolute atomic E-state index is 0.178. The van der Waals surface area contributed by atoms with Gasteiger partial charge in [-0.15, -0.1) is 0 Å². The van der Waals surface area contributed by atoms with Gasteiger partial charge in [0.05, 0.1) is 11.9 Å². The van der Waals surface area contributed by atoms with Crippen LogP contribution in [0.2, 0.25) is 0 Å². The summed E-state index contributed by atoms with van der Waals surface area (Å²) in [4.78, 5) is 7.11. The lowest BCUT2D eigenvalue weighted by molar-refractivity contribution is 0.292. The molecule has 2 N–H and O–H groups in total. The maximum absolute atomic E-state index is 5.62. The molecule has 0 bridgehead atoms. The molecule has 1 aromatic heterocycles. The van der Waals surface area contributed by atoms with Gasteiger partial charge in [0, 0.05) is 24.5 Å². The van der Waals surface area contributed by atoms with E-state index in [1.54, 1.807) is 0 Å². The van der Waals surface area contributed by atoms with E-state index in [1.165, 1.54) is 56.9 Å². The fourth-order valence-electron chi connectivity index (χ4n) is 5.08. The Balaban J connectivity index is 1.36. The van der Waals surface area contributed by atoms with Crippen molar-refractivity contribution in [3.8, 4) is 0 Å². The van der Waals surface area contributed by atoms with Crippen molar-refractivity contribution in [2.75, 3.05) is 23.3 Å². The molecule has 2 aliphatic rings. The third-order valence-electron chi connectivity index (χ3n) is 6.89. The summed E-state index contributed by atoms with van der Waals surface area (Å²) in [6.07, 6.45) is 12.1. The van der Waals surface area contributed by atoms with Crippen LogP contribution < -0.4 is 15.5 Å². The molecule has 160 valence electrons. The summed E-state index contributed by atoms with van der Waals surface area (Å²) in [5, 5.41) is 7.52. The zero-order chi connectivity index (χ0) is 20.8. The molecule has 1 aliphatic heterocycles. The van der Waals surface area contributed by atoms with Crippen LogP contribution in [0.3, 0.4) is 0 Å². The second kappa shape index (κ2) is 9.78. The number of piperidine rings is 1. The Morgan fingerprint density at radius 3 is 2.57 bits per heavy atom. The van der Waals surface area contributed by atoms with E-state index in [-0.39, 0.29) is 5.41 Å². The minimum Gasteiger partial charge on any atom is -0.362 e. The van der Waals surface area contributed by atoms with Crippen LogP contribution in [0.4, 0.5) is 11.5 Å². The molecule has 2 aromatic rings. The van der Waals surface area contributed by atoms with Gasteiger partial charge in [-0.05, 0) is 68.9 Å². The van der Waals surface area contributed by atoms with Crippen molar-refractivity contribution >= 4 is 28.8 Å². The predicted octanol–water partition coefficient (Wildman–Crippen LogP) is 5.65. The third kappa shape index (κ3) is 4.94. The summed E-state index contributed by atoms with van der Waals surface area (Å²) in [6, 6.07) is 15.7. The Kier molecular flexibility index (Phi) is 6.88. The van der Waals surface area contributed by atoms with E-state index in [0.717, 1.165) is 24.6 Å². The first-order valence-corrected chi connectivity index (χ1v) is 11.9. The Bertz CT molecular complexity index is 815. The van der Waals surface area contributed by atoms with Gasteiger partial charge in [-0.25, -0.2) is 4.98 Å². The van der Waals surface area contributed by atoms with Gasteiger partial charge in [0.25, 0.3) is 0 Å². The van der Waals surface area contributed by atoms with Gasteiger partial charge in [0.15, 0.2) is 5.11 Å². The lowest BCUT2D eigenvalue weighted by atomic mass is 9.69. The number of nitrogens with zero attached hydrogens (tertiary/aromatic N) is 2. The van der Waals surface area contributed by atoms with E-state index in [4.69, 9.17) is 17.2 Å². The van der Waals surface area contributed by atoms with Crippen molar-refractivity contribution in [1.29, 1.82) is 0 Å². The molecule has 5 heteroatoms. The molecule has 1 saturated carbocycles. The molecule has 2 fully saturated rings. The first-order chi connectivity index (χ1) is 14.7. The van der Waals surface area contributed by atoms with Crippen molar-refractivity contribution in [1.82, 2.24) is 10.3 Å². The molecule has 0 amide bonds. The van der Waals surface area contributed by atoms with Crippen molar-refractivity contribution < 1.29 is 0 Å². The average Bonchev–Trinajstić information content (AvgIpc) is 2.80. The predicted molar refractivity (Wildman–Crippen MR) is 130 cm³/mol. The van der Waals surface area contributed by atoms with Crippen LogP contribution in [-0.2, 0) is 5.41 Å². The molecular weight excluding hydrogens is 388 g/mol. The Morgan fingerprint density at radius 1 is 1.07 bits per heavy atom.